The average molecular weight is 407 g/mol. The molecule has 0 spiro atoms. The van der Waals surface area contributed by atoms with E-state index in [4.69, 9.17) is 0 Å². The molecule has 3 aromatic rings. The van der Waals surface area contributed by atoms with E-state index < -0.39 is 10.0 Å². The van der Waals surface area contributed by atoms with Crippen LogP contribution in [0.1, 0.15) is 12.5 Å². The zero-order valence-corrected chi connectivity index (χ0v) is 16.9. The molecule has 3 aromatic carbocycles. The summed E-state index contributed by atoms with van der Waals surface area (Å²) in [6.07, 6.45) is 1.01. The number of amides is 1. The van der Waals surface area contributed by atoms with E-state index in [1.807, 2.05) is 36.4 Å². The highest BCUT2D eigenvalue weighted by molar-refractivity contribution is 7.93. The SMILES string of the molecule is CCN1CCc2ccc(NC(=O)CN3c4cccc5cccc(c45)S3(=O)=O)cc21. The first-order chi connectivity index (χ1) is 14.0. The number of nitrogens with zero attached hydrogens (tertiary/aromatic N) is 2. The van der Waals surface area contributed by atoms with Gasteiger partial charge in [-0.05, 0) is 48.6 Å². The number of anilines is 3. The van der Waals surface area contributed by atoms with Gasteiger partial charge in [0.05, 0.1) is 10.6 Å². The minimum absolute atomic E-state index is 0.259. The molecule has 0 fully saturated rings. The summed E-state index contributed by atoms with van der Waals surface area (Å²) >= 11 is 0. The lowest BCUT2D eigenvalue weighted by atomic mass is 10.1. The van der Waals surface area contributed by atoms with Gasteiger partial charge in [0.1, 0.15) is 6.54 Å². The Morgan fingerprint density at radius 2 is 1.86 bits per heavy atom. The van der Waals surface area contributed by atoms with Gasteiger partial charge in [-0.3, -0.25) is 9.10 Å². The van der Waals surface area contributed by atoms with Crippen molar-refractivity contribution in [2.24, 2.45) is 0 Å². The summed E-state index contributed by atoms with van der Waals surface area (Å²) in [7, 11) is -3.74. The lowest BCUT2D eigenvalue weighted by molar-refractivity contribution is -0.114. The minimum atomic E-state index is -3.74. The average Bonchev–Trinajstić information content (AvgIpc) is 3.21. The van der Waals surface area contributed by atoms with Gasteiger partial charge in [0.25, 0.3) is 10.0 Å². The van der Waals surface area contributed by atoms with Crippen molar-refractivity contribution in [2.45, 2.75) is 18.2 Å². The van der Waals surface area contributed by atoms with Crippen molar-refractivity contribution >= 4 is 43.8 Å². The van der Waals surface area contributed by atoms with Crippen molar-refractivity contribution in [2.75, 3.05) is 34.2 Å². The summed E-state index contributed by atoms with van der Waals surface area (Å²) in [6, 6.07) is 16.5. The van der Waals surface area contributed by atoms with E-state index in [1.54, 1.807) is 18.2 Å². The first-order valence-electron chi connectivity index (χ1n) is 9.71. The van der Waals surface area contributed by atoms with E-state index >= 15 is 0 Å². The second-order valence-electron chi connectivity index (χ2n) is 7.36. The third-order valence-electron chi connectivity index (χ3n) is 5.71. The Labute approximate surface area is 169 Å². The van der Waals surface area contributed by atoms with Gasteiger partial charge >= 0.3 is 0 Å². The lowest BCUT2D eigenvalue weighted by Gasteiger charge is -2.19. The molecule has 2 heterocycles. The van der Waals surface area contributed by atoms with Crippen LogP contribution in [0.15, 0.2) is 59.5 Å². The van der Waals surface area contributed by atoms with E-state index in [9.17, 15) is 13.2 Å². The molecule has 148 valence electrons. The molecule has 1 amide bonds. The van der Waals surface area contributed by atoms with E-state index in [2.05, 4.69) is 17.1 Å². The summed E-state index contributed by atoms with van der Waals surface area (Å²) in [4.78, 5) is 15.3. The fourth-order valence-corrected chi connectivity index (χ4v) is 5.98. The van der Waals surface area contributed by atoms with Crippen molar-refractivity contribution in [1.82, 2.24) is 0 Å². The van der Waals surface area contributed by atoms with E-state index in [0.29, 0.717) is 16.8 Å². The summed E-state index contributed by atoms with van der Waals surface area (Å²) < 4.78 is 27.3. The van der Waals surface area contributed by atoms with Gasteiger partial charge in [-0.2, -0.15) is 0 Å². The summed E-state index contributed by atoms with van der Waals surface area (Å²) in [5, 5.41) is 4.40. The molecule has 0 radical (unpaired) electrons. The normalized spacial score (nSPS) is 16.3. The number of hydrogen-bond donors (Lipinski definition) is 1. The molecule has 0 saturated carbocycles. The maximum Gasteiger partial charge on any atom is 0.265 e. The summed E-state index contributed by atoms with van der Waals surface area (Å²) in [5.74, 6) is -0.362. The van der Waals surface area contributed by atoms with E-state index in [0.717, 1.165) is 30.6 Å². The second-order valence-corrected chi connectivity index (χ2v) is 9.20. The molecule has 0 aliphatic carbocycles. The number of carbonyl (C=O) groups excluding carboxylic acids is 1. The monoisotopic (exact) mass is 407 g/mol. The van der Waals surface area contributed by atoms with Crippen LogP contribution in [0.3, 0.4) is 0 Å². The molecule has 6 nitrogen and oxygen atoms in total. The lowest BCUT2D eigenvalue weighted by Crippen LogP contribution is -2.35. The maximum absolute atomic E-state index is 13.0. The highest BCUT2D eigenvalue weighted by Gasteiger charge is 2.36. The Morgan fingerprint density at radius 1 is 1.07 bits per heavy atom. The van der Waals surface area contributed by atoms with Gasteiger partial charge in [-0.25, -0.2) is 8.42 Å². The van der Waals surface area contributed by atoms with Crippen LogP contribution in [-0.2, 0) is 21.2 Å². The van der Waals surface area contributed by atoms with Gasteiger partial charge < -0.3 is 10.2 Å². The molecular formula is C22H21N3O3S. The van der Waals surface area contributed by atoms with Gasteiger partial charge in [0.2, 0.25) is 5.91 Å². The van der Waals surface area contributed by atoms with Crippen LogP contribution in [0.25, 0.3) is 10.8 Å². The van der Waals surface area contributed by atoms with Crippen LogP contribution in [0.2, 0.25) is 0 Å². The molecule has 2 aliphatic heterocycles. The zero-order chi connectivity index (χ0) is 20.2. The van der Waals surface area contributed by atoms with Crippen LogP contribution in [0.5, 0.6) is 0 Å². The second kappa shape index (κ2) is 6.49. The molecule has 1 N–H and O–H groups in total. The first kappa shape index (κ1) is 18.0. The molecule has 2 aliphatic rings. The number of benzene rings is 3. The highest BCUT2D eigenvalue weighted by Crippen LogP contribution is 2.41. The maximum atomic E-state index is 13.0. The number of nitrogens with one attached hydrogen (secondary N) is 1. The van der Waals surface area contributed by atoms with Gasteiger partial charge in [0.15, 0.2) is 0 Å². The fourth-order valence-electron chi connectivity index (χ4n) is 4.31. The van der Waals surface area contributed by atoms with Crippen molar-refractivity contribution in [3.63, 3.8) is 0 Å². The van der Waals surface area contributed by atoms with Gasteiger partial charge in [-0.1, -0.05) is 30.3 Å². The van der Waals surface area contributed by atoms with E-state index in [1.165, 1.54) is 9.87 Å². The number of sulfonamides is 1. The van der Waals surface area contributed by atoms with Crippen molar-refractivity contribution in [1.29, 1.82) is 0 Å². The number of carbonyl (C=O) groups is 1. The molecular weight excluding hydrogens is 386 g/mol. The smallest absolute Gasteiger partial charge is 0.265 e. The number of hydrogen-bond acceptors (Lipinski definition) is 4. The Balaban J connectivity index is 1.42. The fraction of sp³-hybridized carbons (Fsp3) is 0.227. The van der Waals surface area contributed by atoms with Gasteiger partial charge in [-0.15, -0.1) is 0 Å². The van der Waals surface area contributed by atoms with Crippen LogP contribution in [0, 0.1) is 0 Å². The highest BCUT2D eigenvalue weighted by atomic mass is 32.2. The Kier molecular flexibility index (Phi) is 4.03. The standard InChI is InChI=1S/C22H21N3O3S/c1-2-24-12-11-15-9-10-17(13-19(15)24)23-21(26)14-25-18-7-3-5-16-6-4-8-20(22(16)18)29(25,27)28/h3-10,13H,2,11-12,14H2,1H3,(H,23,26). The molecule has 5 rings (SSSR count). The summed E-state index contributed by atoms with van der Waals surface area (Å²) in [5.41, 5.74) is 3.64. The molecule has 0 aromatic heterocycles. The number of rotatable bonds is 4. The van der Waals surface area contributed by atoms with E-state index in [-0.39, 0.29) is 17.3 Å². The molecule has 7 heteroatoms. The third kappa shape index (κ3) is 2.76. The molecule has 0 saturated heterocycles. The third-order valence-corrected chi connectivity index (χ3v) is 7.51. The predicted molar refractivity (Wildman–Crippen MR) is 115 cm³/mol. The van der Waals surface area contributed by atoms with Crippen molar-refractivity contribution in [3.8, 4) is 0 Å². The Bertz CT molecular complexity index is 1250. The quantitative estimate of drug-likeness (QED) is 0.720. The van der Waals surface area contributed by atoms with Crippen LogP contribution in [0.4, 0.5) is 17.1 Å². The molecule has 0 bridgehead atoms. The van der Waals surface area contributed by atoms with Crippen molar-refractivity contribution in [3.05, 3.63) is 60.2 Å². The van der Waals surface area contributed by atoms with Crippen LogP contribution in [-0.4, -0.2) is 34.0 Å². The summed E-state index contributed by atoms with van der Waals surface area (Å²) in [6.45, 7) is 3.75. The number of likely N-dealkylation sites (N-methyl/N-ethyl adjacent to an activating group) is 1. The minimum Gasteiger partial charge on any atom is -0.371 e. The van der Waals surface area contributed by atoms with Crippen molar-refractivity contribution < 1.29 is 13.2 Å². The first-order valence-corrected chi connectivity index (χ1v) is 11.2. The number of fused-ring (bicyclic) bond motifs is 1. The molecule has 0 atom stereocenters. The zero-order valence-electron chi connectivity index (χ0n) is 16.1. The van der Waals surface area contributed by atoms with Gasteiger partial charge in [0, 0.05) is 29.9 Å². The Morgan fingerprint density at radius 3 is 2.66 bits per heavy atom. The molecule has 0 unspecified atom stereocenters. The van der Waals surface area contributed by atoms with Crippen LogP contribution >= 0.6 is 0 Å². The Hall–Kier alpha value is -3.06. The topological polar surface area (TPSA) is 69.7 Å². The predicted octanol–water partition coefficient (Wildman–Crippen LogP) is 3.37. The largest absolute Gasteiger partial charge is 0.371 e. The molecule has 29 heavy (non-hydrogen) atoms. The van der Waals surface area contributed by atoms with Crippen LogP contribution < -0.4 is 14.5 Å².